The molecule has 2 N–H and O–H groups in total. The van der Waals surface area contributed by atoms with Crippen LogP contribution in [0.5, 0.6) is 5.75 Å². The molecule has 0 radical (unpaired) electrons. The van der Waals surface area contributed by atoms with Crippen molar-refractivity contribution < 1.29 is 19.1 Å². The van der Waals surface area contributed by atoms with Gasteiger partial charge in [-0.3, -0.25) is 9.59 Å². The second-order valence-electron chi connectivity index (χ2n) is 5.87. The molecule has 0 atom stereocenters. The number of carbonyl (C=O) groups is 2. The molecule has 0 spiro atoms. The zero-order valence-corrected chi connectivity index (χ0v) is 15.1. The van der Waals surface area contributed by atoms with Gasteiger partial charge < -0.3 is 20.1 Å². The SMILES string of the molecule is COCCNC(=O)Cc1ccc(NC(=O)COc2ccc(C)cc2)cc1. The van der Waals surface area contributed by atoms with E-state index in [0.29, 0.717) is 24.6 Å². The van der Waals surface area contributed by atoms with E-state index in [9.17, 15) is 9.59 Å². The summed E-state index contributed by atoms with van der Waals surface area (Å²) in [5.41, 5.74) is 2.66. The van der Waals surface area contributed by atoms with Crippen molar-refractivity contribution in [3.63, 3.8) is 0 Å². The lowest BCUT2D eigenvalue weighted by molar-refractivity contribution is -0.120. The molecule has 2 rings (SSSR count). The Balaban J connectivity index is 1.76. The number of aryl methyl sites for hydroxylation is 1. The summed E-state index contributed by atoms with van der Waals surface area (Å²) < 4.78 is 10.3. The van der Waals surface area contributed by atoms with Gasteiger partial charge in [0.15, 0.2) is 6.61 Å². The molecule has 0 fully saturated rings. The highest BCUT2D eigenvalue weighted by Crippen LogP contribution is 2.12. The van der Waals surface area contributed by atoms with Crippen molar-refractivity contribution in [3.8, 4) is 5.75 Å². The van der Waals surface area contributed by atoms with E-state index < -0.39 is 0 Å². The van der Waals surface area contributed by atoms with Gasteiger partial charge in [0, 0.05) is 19.3 Å². The summed E-state index contributed by atoms with van der Waals surface area (Å²) in [6.07, 6.45) is 0.286. The number of rotatable bonds is 9. The summed E-state index contributed by atoms with van der Waals surface area (Å²) in [4.78, 5) is 23.7. The highest BCUT2D eigenvalue weighted by atomic mass is 16.5. The number of ether oxygens (including phenoxy) is 2. The zero-order valence-electron chi connectivity index (χ0n) is 15.1. The number of carbonyl (C=O) groups excluding carboxylic acids is 2. The molecule has 6 heteroatoms. The number of nitrogens with one attached hydrogen (secondary N) is 2. The first kappa shape index (κ1) is 19.5. The Morgan fingerprint density at radius 2 is 1.65 bits per heavy atom. The molecule has 0 heterocycles. The van der Waals surface area contributed by atoms with Crippen LogP contribution in [-0.4, -0.2) is 38.7 Å². The number of amides is 2. The molecule has 2 amide bonds. The van der Waals surface area contributed by atoms with E-state index in [2.05, 4.69) is 10.6 Å². The Kier molecular flexibility index (Phi) is 7.64. The van der Waals surface area contributed by atoms with Crippen LogP contribution in [-0.2, 0) is 20.7 Å². The maximum Gasteiger partial charge on any atom is 0.262 e. The second-order valence-corrected chi connectivity index (χ2v) is 5.87. The summed E-state index contributed by atoms with van der Waals surface area (Å²) in [5.74, 6) is 0.349. The van der Waals surface area contributed by atoms with Gasteiger partial charge in [-0.25, -0.2) is 0 Å². The molecule has 0 bridgehead atoms. The van der Waals surface area contributed by atoms with Gasteiger partial charge in [0.1, 0.15) is 5.75 Å². The van der Waals surface area contributed by atoms with Crippen LogP contribution in [0.1, 0.15) is 11.1 Å². The lowest BCUT2D eigenvalue weighted by Gasteiger charge is -2.09. The number of hydrogen-bond acceptors (Lipinski definition) is 4. The van der Waals surface area contributed by atoms with Gasteiger partial charge in [0.2, 0.25) is 5.91 Å². The predicted molar refractivity (Wildman–Crippen MR) is 100 cm³/mol. The molecule has 2 aromatic carbocycles. The van der Waals surface area contributed by atoms with E-state index in [-0.39, 0.29) is 24.8 Å². The predicted octanol–water partition coefficient (Wildman–Crippen LogP) is 2.32. The van der Waals surface area contributed by atoms with E-state index >= 15 is 0 Å². The number of benzene rings is 2. The van der Waals surface area contributed by atoms with Crippen molar-refractivity contribution in [2.45, 2.75) is 13.3 Å². The minimum absolute atomic E-state index is 0.0628. The molecule has 0 saturated carbocycles. The fourth-order valence-electron chi connectivity index (χ4n) is 2.23. The highest BCUT2D eigenvalue weighted by Gasteiger charge is 2.06. The highest BCUT2D eigenvalue weighted by molar-refractivity contribution is 5.92. The van der Waals surface area contributed by atoms with Crippen LogP contribution < -0.4 is 15.4 Å². The van der Waals surface area contributed by atoms with E-state index in [1.54, 1.807) is 19.2 Å². The Hall–Kier alpha value is -2.86. The molecule has 0 saturated heterocycles. The molecule has 0 unspecified atom stereocenters. The summed E-state index contributed by atoms with van der Waals surface area (Å²) >= 11 is 0. The van der Waals surface area contributed by atoms with Crippen molar-refractivity contribution in [1.82, 2.24) is 5.32 Å². The van der Waals surface area contributed by atoms with Gasteiger partial charge >= 0.3 is 0 Å². The molecule has 2 aromatic rings. The van der Waals surface area contributed by atoms with Crippen LogP contribution in [0.15, 0.2) is 48.5 Å². The van der Waals surface area contributed by atoms with E-state index in [1.165, 1.54) is 0 Å². The first-order chi connectivity index (χ1) is 12.6. The monoisotopic (exact) mass is 356 g/mol. The summed E-state index contributed by atoms with van der Waals surface area (Å²) in [6.45, 7) is 2.90. The number of hydrogen-bond donors (Lipinski definition) is 2. The average molecular weight is 356 g/mol. The van der Waals surface area contributed by atoms with Gasteiger partial charge in [-0.2, -0.15) is 0 Å². The minimum atomic E-state index is -0.240. The Labute approximate surface area is 153 Å². The van der Waals surface area contributed by atoms with Gasteiger partial charge in [0.25, 0.3) is 5.91 Å². The fraction of sp³-hybridized carbons (Fsp3) is 0.300. The van der Waals surface area contributed by atoms with Gasteiger partial charge in [0.05, 0.1) is 13.0 Å². The number of methoxy groups -OCH3 is 1. The van der Waals surface area contributed by atoms with E-state index in [4.69, 9.17) is 9.47 Å². The normalized spacial score (nSPS) is 10.2. The van der Waals surface area contributed by atoms with Crippen molar-refractivity contribution in [3.05, 3.63) is 59.7 Å². The molecule has 0 aliphatic heterocycles. The van der Waals surface area contributed by atoms with Crippen molar-refractivity contribution in [2.75, 3.05) is 32.2 Å². The maximum absolute atomic E-state index is 12.0. The standard InChI is InChI=1S/C20H24N2O4/c1-15-3-9-18(10-4-15)26-14-20(24)22-17-7-5-16(6-8-17)13-19(23)21-11-12-25-2/h3-10H,11-14H2,1-2H3,(H,21,23)(H,22,24). The number of anilines is 1. The Morgan fingerprint density at radius 1 is 0.962 bits per heavy atom. The third-order valence-electron chi connectivity index (χ3n) is 3.62. The maximum atomic E-state index is 12.0. The van der Waals surface area contributed by atoms with Crippen LogP contribution in [0.2, 0.25) is 0 Å². The molecule has 26 heavy (non-hydrogen) atoms. The van der Waals surface area contributed by atoms with Crippen LogP contribution in [0.4, 0.5) is 5.69 Å². The average Bonchev–Trinajstić information content (AvgIpc) is 2.63. The van der Waals surface area contributed by atoms with Crippen LogP contribution >= 0.6 is 0 Å². The van der Waals surface area contributed by atoms with E-state index in [1.807, 2.05) is 43.3 Å². The lowest BCUT2D eigenvalue weighted by Crippen LogP contribution is -2.28. The molecular formula is C20H24N2O4. The second kappa shape index (κ2) is 10.2. The summed E-state index contributed by atoms with van der Waals surface area (Å²) in [6, 6.07) is 14.7. The summed E-state index contributed by atoms with van der Waals surface area (Å²) in [5, 5.41) is 5.53. The molecule has 0 aliphatic rings. The first-order valence-corrected chi connectivity index (χ1v) is 8.40. The largest absolute Gasteiger partial charge is 0.484 e. The molecule has 0 aromatic heterocycles. The third kappa shape index (κ3) is 6.94. The molecule has 6 nitrogen and oxygen atoms in total. The Bertz CT molecular complexity index is 712. The topological polar surface area (TPSA) is 76.7 Å². The van der Waals surface area contributed by atoms with Crippen molar-refractivity contribution in [1.29, 1.82) is 0 Å². The van der Waals surface area contributed by atoms with Gasteiger partial charge in [-0.05, 0) is 36.8 Å². The first-order valence-electron chi connectivity index (χ1n) is 8.40. The molecule has 0 aliphatic carbocycles. The third-order valence-corrected chi connectivity index (χ3v) is 3.62. The smallest absolute Gasteiger partial charge is 0.262 e. The van der Waals surface area contributed by atoms with Gasteiger partial charge in [-0.1, -0.05) is 29.8 Å². The Morgan fingerprint density at radius 3 is 2.31 bits per heavy atom. The molecule has 138 valence electrons. The summed E-state index contributed by atoms with van der Waals surface area (Å²) in [7, 11) is 1.59. The van der Waals surface area contributed by atoms with Crippen LogP contribution in [0, 0.1) is 6.92 Å². The quantitative estimate of drug-likeness (QED) is 0.676. The lowest BCUT2D eigenvalue weighted by atomic mass is 10.1. The molecular weight excluding hydrogens is 332 g/mol. The van der Waals surface area contributed by atoms with Crippen LogP contribution in [0.25, 0.3) is 0 Å². The van der Waals surface area contributed by atoms with E-state index in [0.717, 1.165) is 11.1 Å². The van der Waals surface area contributed by atoms with Crippen molar-refractivity contribution in [2.24, 2.45) is 0 Å². The fourth-order valence-corrected chi connectivity index (χ4v) is 2.23. The van der Waals surface area contributed by atoms with Crippen LogP contribution in [0.3, 0.4) is 0 Å². The zero-order chi connectivity index (χ0) is 18.8. The van der Waals surface area contributed by atoms with Gasteiger partial charge in [-0.15, -0.1) is 0 Å². The van der Waals surface area contributed by atoms with Crippen molar-refractivity contribution >= 4 is 17.5 Å². The minimum Gasteiger partial charge on any atom is -0.484 e.